The highest BCUT2D eigenvalue weighted by Gasteiger charge is 2.66. The first kappa shape index (κ1) is 41.2. The third kappa shape index (κ3) is 8.08. The Morgan fingerprint density at radius 3 is 2.24 bits per heavy atom. The van der Waals surface area contributed by atoms with Crippen LogP contribution in [-0.4, -0.2) is 69.3 Å². The van der Waals surface area contributed by atoms with Crippen molar-refractivity contribution in [1.82, 2.24) is 4.90 Å². The number of methoxy groups -OCH3 is 2. The van der Waals surface area contributed by atoms with Crippen molar-refractivity contribution in [3.63, 3.8) is 0 Å². The molecule has 1 spiro atoms. The average molecular weight is 813 g/mol. The van der Waals surface area contributed by atoms with Gasteiger partial charge in [-0.3, -0.25) is 14.4 Å². The molecule has 4 N–H and O–H groups in total. The summed E-state index contributed by atoms with van der Waals surface area (Å²) in [4.78, 5) is 46.4. The number of nitrogens with zero attached hydrogens (tertiary/aromatic N) is 2. The number of fused-ring (bicyclic) bond motifs is 2. The normalized spacial score (nSPS) is 19.7. The van der Waals surface area contributed by atoms with Crippen LogP contribution in [0, 0.1) is 5.92 Å². The van der Waals surface area contributed by atoms with Crippen molar-refractivity contribution >= 4 is 48.0 Å². The summed E-state index contributed by atoms with van der Waals surface area (Å²) in [6.45, 7) is 7.16. The van der Waals surface area contributed by atoms with E-state index in [2.05, 4.69) is 37.5 Å². The number of ether oxygens (including phenoxy) is 3. The van der Waals surface area contributed by atoms with Crippen LogP contribution in [-0.2, 0) is 33.0 Å². The van der Waals surface area contributed by atoms with Gasteiger partial charge in [0.1, 0.15) is 11.5 Å². The first-order valence-corrected chi connectivity index (χ1v) is 23.0. The topological polar surface area (TPSA) is 144 Å². The first-order chi connectivity index (χ1) is 28.4. The summed E-state index contributed by atoms with van der Waals surface area (Å²) in [6.07, 6.45) is -0.605. The highest BCUT2D eigenvalue weighted by Crippen LogP contribution is 2.60. The van der Waals surface area contributed by atoms with Gasteiger partial charge in [-0.1, -0.05) is 79.8 Å². The van der Waals surface area contributed by atoms with Crippen molar-refractivity contribution < 1.29 is 33.7 Å². The van der Waals surface area contributed by atoms with Gasteiger partial charge < -0.3 is 40.2 Å². The number of anilines is 3. The molecule has 0 bridgehead atoms. The Hall–Kier alpha value is -5.95. The summed E-state index contributed by atoms with van der Waals surface area (Å²) in [7, 11) is 0.666. The van der Waals surface area contributed by atoms with E-state index in [-0.39, 0.29) is 55.3 Å². The summed E-state index contributed by atoms with van der Waals surface area (Å²) >= 11 is 0. The molecule has 0 radical (unpaired) electrons. The van der Waals surface area contributed by atoms with Crippen molar-refractivity contribution in [3.05, 3.63) is 144 Å². The smallest absolute Gasteiger partial charge is 0.264 e. The number of hydrogen-bond acceptors (Lipinski definition) is 8. The van der Waals surface area contributed by atoms with Gasteiger partial charge in [0.15, 0.2) is 5.60 Å². The number of carbonyl (C=O) groups is 3. The predicted octanol–water partition coefficient (Wildman–Crippen LogP) is 6.71. The zero-order valence-electron chi connectivity index (χ0n) is 34.2. The summed E-state index contributed by atoms with van der Waals surface area (Å²) < 4.78 is 18.5. The van der Waals surface area contributed by atoms with Crippen molar-refractivity contribution in [2.24, 2.45) is 5.92 Å². The lowest BCUT2D eigenvalue weighted by molar-refractivity contribution is -0.150. The molecule has 5 aromatic carbocycles. The highest BCUT2D eigenvalue weighted by molar-refractivity contribution is 6.91. The van der Waals surface area contributed by atoms with Gasteiger partial charge in [-0.05, 0) is 83.4 Å². The highest BCUT2D eigenvalue weighted by atomic mass is 28.3. The first-order valence-electron chi connectivity index (χ1n) is 19.9. The number of rotatable bonds is 14. The second-order valence-corrected chi connectivity index (χ2v) is 20.6. The number of nitrogens with one attached hydrogen (secondary N) is 1. The van der Waals surface area contributed by atoms with Crippen molar-refractivity contribution in [2.45, 2.75) is 56.8 Å². The maximum atomic E-state index is 15.4. The Kier molecular flexibility index (Phi) is 11.9. The van der Waals surface area contributed by atoms with E-state index in [1.54, 1.807) is 48.3 Å². The molecular formula is C47H52N4O7Si. The second kappa shape index (κ2) is 17.1. The van der Waals surface area contributed by atoms with Gasteiger partial charge in [0.25, 0.3) is 11.8 Å². The summed E-state index contributed by atoms with van der Waals surface area (Å²) in [6, 6.07) is 37.6. The maximum Gasteiger partial charge on any atom is 0.264 e. The number of aliphatic hydroxyl groups excluding tert-OH is 1. The Bertz CT molecular complexity index is 2300. The zero-order valence-corrected chi connectivity index (χ0v) is 35.2. The molecule has 2 heterocycles. The quantitative estimate of drug-likeness (QED) is 0.0830. The van der Waals surface area contributed by atoms with Crippen LogP contribution in [0.1, 0.15) is 40.4 Å². The third-order valence-electron chi connectivity index (χ3n) is 12.1. The predicted molar refractivity (Wildman–Crippen MR) is 233 cm³/mol. The van der Waals surface area contributed by atoms with E-state index in [1.165, 1.54) is 0 Å². The minimum atomic E-state index is -2.57. The van der Waals surface area contributed by atoms with Gasteiger partial charge in [0, 0.05) is 41.5 Å². The Balaban J connectivity index is 1.26. The monoisotopic (exact) mass is 812 g/mol. The van der Waals surface area contributed by atoms with Gasteiger partial charge in [-0.2, -0.15) is 0 Å². The van der Waals surface area contributed by atoms with Gasteiger partial charge in [0.2, 0.25) is 5.91 Å². The van der Waals surface area contributed by atoms with Crippen LogP contribution in [0.3, 0.4) is 0 Å². The molecule has 0 unspecified atom stereocenters. The van der Waals surface area contributed by atoms with E-state index in [0.717, 1.165) is 22.1 Å². The van der Waals surface area contributed by atoms with E-state index in [0.29, 0.717) is 40.5 Å². The Labute approximate surface area is 346 Å². The lowest BCUT2D eigenvalue weighted by Gasteiger charge is -2.37. The standard InChI is InChI=1S/C47H52N4O7Si/c1-31-44(59(4,5)39-21-18-37(56-2)19-22-39)42(28-43(53)50(24-25-52)29-32-10-7-6-8-11-32)58-47(31)40-27-38(57-3)20-23-41(40)51(46(47)55)30-33-12-9-13-36(26-33)49-45(54)34-14-16-35(48)17-15-34/h6-23,26-27,31,42,44,52H,24-25,28-30,48H2,1-5H3,(H,49,54)/t31-,42+,44-,47+/m1/s1. The van der Waals surface area contributed by atoms with E-state index < -0.39 is 19.8 Å². The number of amides is 3. The van der Waals surface area contributed by atoms with E-state index in [9.17, 15) is 14.7 Å². The lowest BCUT2D eigenvalue weighted by Crippen LogP contribution is -2.52. The van der Waals surface area contributed by atoms with Crippen molar-refractivity contribution in [1.29, 1.82) is 0 Å². The van der Waals surface area contributed by atoms with E-state index in [4.69, 9.17) is 19.9 Å². The van der Waals surface area contributed by atoms with Gasteiger partial charge >= 0.3 is 0 Å². The molecule has 0 aliphatic carbocycles. The van der Waals surface area contributed by atoms with E-state index >= 15 is 4.79 Å². The zero-order chi connectivity index (χ0) is 41.9. The molecule has 0 saturated carbocycles. The molecule has 306 valence electrons. The molecule has 5 aromatic rings. The van der Waals surface area contributed by atoms with E-state index in [1.807, 2.05) is 84.9 Å². The Morgan fingerprint density at radius 1 is 0.881 bits per heavy atom. The molecular weight excluding hydrogens is 761 g/mol. The molecule has 12 heteroatoms. The van der Waals surface area contributed by atoms with Crippen LogP contribution in [0.25, 0.3) is 0 Å². The summed E-state index contributed by atoms with van der Waals surface area (Å²) in [5, 5.41) is 14.2. The summed E-state index contributed by atoms with van der Waals surface area (Å²) in [5.74, 6) is 0.308. The largest absolute Gasteiger partial charge is 0.497 e. The van der Waals surface area contributed by atoms with Crippen LogP contribution >= 0.6 is 0 Å². The van der Waals surface area contributed by atoms with Crippen molar-refractivity contribution in [3.8, 4) is 11.5 Å². The van der Waals surface area contributed by atoms with Crippen LogP contribution in [0.5, 0.6) is 11.5 Å². The molecule has 2 aliphatic heterocycles. The fraction of sp³-hybridized carbons (Fsp3) is 0.298. The number of nitrogens with two attached hydrogens (primary N) is 1. The molecule has 1 saturated heterocycles. The minimum Gasteiger partial charge on any atom is -0.497 e. The molecule has 4 atom stereocenters. The minimum absolute atomic E-state index is 0.0263. The average Bonchev–Trinajstić information content (AvgIpc) is 3.66. The Morgan fingerprint density at radius 2 is 1.56 bits per heavy atom. The number of nitrogen functional groups attached to an aromatic ring is 1. The molecule has 3 amide bonds. The molecule has 1 fully saturated rings. The number of carbonyl (C=O) groups excluding carboxylic acids is 3. The van der Waals surface area contributed by atoms with Gasteiger partial charge in [-0.25, -0.2) is 0 Å². The SMILES string of the molecule is COc1ccc([Si](C)(C)[C@H]2[C@H](CC(=O)N(CCO)Cc3ccccc3)O[C@@]3(C(=O)N(Cc4cccc(NC(=O)c5ccc(N)cc5)c4)c4ccc(OC)cc43)[C@@H]2C)cc1. The fourth-order valence-electron chi connectivity index (χ4n) is 9.06. The fourth-order valence-corrected chi connectivity index (χ4v) is 13.1. The molecule has 59 heavy (non-hydrogen) atoms. The van der Waals surface area contributed by atoms with Crippen LogP contribution in [0.2, 0.25) is 18.6 Å². The number of hydrogen-bond donors (Lipinski definition) is 3. The maximum absolute atomic E-state index is 15.4. The number of aliphatic hydroxyl groups is 1. The van der Waals surface area contributed by atoms with Crippen LogP contribution < -0.4 is 30.6 Å². The van der Waals surface area contributed by atoms with Gasteiger partial charge in [-0.15, -0.1) is 0 Å². The van der Waals surface area contributed by atoms with Crippen molar-refractivity contribution in [2.75, 3.05) is 43.3 Å². The number of benzene rings is 5. The summed E-state index contributed by atoms with van der Waals surface area (Å²) in [5.41, 5.74) is 8.96. The second-order valence-electron chi connectivity index (χ2n) is 15.9. The molecule has 11 nitrogen and oxygen atoms in total. The lowest BCUT2D eigenvalue weighted by atomic mass is 9.82. The molecule has 0 aromatic heterocycles. The van der Waals surface area contributed by atoms with Crippen LogP contribution in [0.15, 0.2) is 121 Å². The van der Waals surface area contributed by atoms with Gasteiger partial charge in [0.05, 0.1) is 53.7 Å². The molecule has 7 rings (SSSR count). The third-order valence-corrected chi connectivity index (χ3v) is 16.4. The van der Waals surface area contributed by atoms with Crippen LogP contribution in [0.4, 0.5) is 17.1 Å². The molecule has 2 aliphatic rings.